The summed E-state index contributed by atoms with van der Waals surface area (Å²) in [5, 5.41) is 2.54. The molecule has 0 aliphatic heterocycles. The predicted molar refractivity (Wildman–Crippen MR) is 76.6 cm³/mol. The van der Waals surface area contributed by atoms with E-state index in [1.807, 2.05) is 0 Å². The van der Waals surface area contributed by atoms with Crippen molar-refractivity contribution < 1.29 is 14.3 Å². The van der Waals surface area contributed by atoms with Crippen molar-refractivity contribution in [1.82, 2.24) is 10.3 Å². The third kappa shape index (κ3) is 3.84. The molecule has 0 aliphatic carbocycles. The monoisotopic (exact) mass is 280 g/mol. The van der Waals surface area contributed by atoms with Crippen molar-refractivity contribution in [1.29, 1.82) is 0 Å². The molecular formula is C13H20N4O3. The van der Waals surface area contributed by atoms with Crippen LogP contribution in [0.3, 0.4) is 0 Å². The highest BCUT2D eigenvalue weighted by Crippen LogP contribution is 2.23. The molecule has 1 aromatic heterocycles. The van der Waals surface area contributed by atoms with Gasteiger partial charge in [-0.2, -0.15) is 0 Å². The minimum absolute atomic E-state index is 0.0723. The van der Waals surface area contributed by atoms with E-state index in [0.29, 0.717) is 18.8 Å². The Bertz CT molecular complexity index is 491. The number of nitrogens with one attached hydrogen (secondary N) is 1. The van der Waals surface area contributed by atoms with Gasteiger partial charge in [0.15, 0.2) is 5.82 Å². The zero-order valence-electron chi connectivity index (χ0n) is 12.0. The highest BCUT2D eigenvalue weighted by molar-refractivity contribution is 5.97. The minimum Gasteiger partial charge on any atom is -0.462 e. The fourth-order valence-corrected chi connectivity index (χ4v) is 1.65. The fourth-order valence-electron chi connectivity index (χ4n) is 1.65. The number of ether oxygens (including phenoxy) is 1. The molecule has 1 aromatic rings. The van der Waals surface area contributed by atoms with Crippen molar-refractivity contribution in [2.45, 2.75) is 13.3 Å². The number of rotatable bonds is 6. The number of carbonyl (C=O) groups is 2. The number of hydrogen-bond donors (Lipinski definition) is 2. The number of nitrogen functional groups attached to an aromatic ring is 1. The number of amides is 1. The number of anilines is 2. The number of nitrogens with two attached hydrogens (primary N) is 1. The second kappa shape index (κ2) is 7.32. The summed E-state index contributed by atoms with van der Waals surface area (Å²) in [5.41, 5.74) is 6.48. The minimum atomic E-state index is -0.478. The van der Waals surface area contributed by atoms with E-state index in [4.69, 9.17) is 10.5 Å². The summed E-state index contributed by atoms with van der Waals surface area (Å²) in [6, 6.07) is 1.52. The summed E-state index contributed by atoms with van der Waals surface area (Å²) in [7, 11) is 3.34. The van der Waals surface area contributed by atoms with E-state index in [1.54, 1.807) is 25.9 Å². The predicted octanol–water partition coefficient (Wildman–Crippen LogP) is 0.413. The molecule has 0 spiro atoms. The molecule has 20 heavy (non-hydrogen) atoms. The van der Waals surface area contributed by atoms with Crippen LogP contribution >= 0.6 is 0 Å². The van der Waals surface area contributed by atoms with Crippen LogP contribution in [0.1, 0.15) is 23.7 Å². The summed E-state index contributed by atoms with van der Waals surface area (Å²) in [6.07, 6.45) is 1.81. The van der Waals surface area contributed by atoms with Gasteiger partial charge in [0, 0.05) is 33.3 Å². The standard InChI is InChI=1S/C13H20N4O3/c1-4-20-13(19)9-5-7-16-12(11(9)14)17(3)8-6-10(18)15-2/h5,7H,4,6,8,14H2,1-3H3,(H,15,18). The van der Waals surface area contributed by atoms with Crippen LogP contribution in [-0.4, -0.2) is 44.1 Å². The van der Waals surface area contributed by atoms with Crippen LogP contribution in [-0.2, 0) is 9.53 Å². The molecule has 0 radical (unpaired) electrons. The first-order chi connectivity index (χ1) is 9.51. The first kappa shape index (κ1) is 15.7. The van der Waals surface area contributed by atoms with E-state index in [1.165, 1.54) is 12.3 Å². The zero-order valence-corrected chi connectivity index (χ0v) is 12.0. The molecule has 3 N–H and O–H groups in total. The molecule has 1 rings (SSSR count). The van der Waals surface area contributed by atoms with Gasteiger partial charge in [-0.3, -0.25) is 4.79 Å². The van der Waals surface area contributed by atoms with Crippen LogP contribution in [0.25, 0.3) is 0 Å². The second-order valence-electron chi connectivity index (χ2n) is 4.16. The number of hydrogen-bond acceptors (Lipinski definition) is 6. The summed E-state index contributed by atoms with van der Waals surface area (Å²) < 4.78 is 4.93. The molecule has 0 saturated carbocycles. The Labute approximate surface area is 118 Å². The van der Waals surface area contributed by atoms with E-state index in [9.17, 15) is 9.59 Å². The maximum Gasteiger partial charge on any atom is 0.340 e. The zero-order chi connectivity index (χ0) is 15.1. The average molecular weight is 280 g/mol. The Morgan fingerprint density at radius 1 is 1.50 bits per heavy atom. The maximum absolute atomic E-state index is 11.7. The largest absolute Gasteiger partial charge is 0.462 e. The lowest BCUT2D eigenvalue weighted by molar-refractivity contribution is -0.120. The van der Waals surface area contributed by atoms with Crippen molar-refractivity contribution in [2.24, 2.45) is 0 Å². The SMILES string of the molecule is CCOC(=O)c1ccnc(N(C)CCC(=O)NC)c1N. The van der Waals surface area contributed by atoms with Gasteiger partial charge in [0.1, 0.15) is 0 Å². The fraction of sp³-hybridized carbons (Fsp3) is 0.462. The Kier molecular flexibility index (Phi) is 5.76. The molecule has 1 amide bonds. The summed E-state index contributed by atoms with van der Waals surface area (Å²) >= 11 is 0. The van der Waals surface area contributed by atoms with E-state index in [2.05, 4.69) is 10.3 Å². The Morgan fingerprint density at radius 3 is 2.80 bits per heavy atom. The van der Waals surface area contributed by atoms with Gasteiger partial charge in [0.2, 0.25) is 5.91 Å². The van der Waals surface area contributed by atoms with Gasteiger partial charge in [-0.05, 0) is 13.0 Å². The lowest BCUT2D eigenvalue weighted by Gasteiger charge is -2.20. The number of aromatic nitrogens is 1. The molecule has 7 nitrogen and oxygen atoms in total. The molecule has 0 saturated heterocycles. The summed E-state index contributed by atoms with van der Waals surface area (Å²) in [5.74, 6) is -0.0928. The number of esters is 1. The third-order valence-corrected chi connectivity index (χ3v) is 2.78. The van der Waals surface area contributed by atoms with Gasteiger partial charge < -0.3 is 20.7 Å². The van der Waals surface area contributed by atoms with Gasteiger partial charge in [0.05, 0.1) is 17.9 Å². The van der Waals surface area contributed by atoms with Crippen LogP contribution in [0.5, 0.6) is 0 Å². The molecule has 0 bridgehead atoms. The molecule has 7 heteroatoms. The normalized spacial score (nSPS) is 9.95. The third-order valence-electron chi connectivity index (χ3n) is 2.78. The molecule has 0 atom stereocenters. The molecule has 1 heterocycles. The smallest absolute Gasteiger partial charge is 0.340 e. The van der Waals surface area contributed by atoms with E-state index in [-0.39, 0.29) is 23.8 Å². The van der Waals surface area contributed by atoms with Crippen LogP contribution < -0.4 is 16.0 Å². The number of nitrogens with zero attached hydrogens (tertiary/aromatic N) is 2. The average Bonchev–Trinajstić information content (AvgIpc) is 2.44. The lowest BCUT2D eigenvalue weighted by Crippen LogP contribution is -2.27. The van der Waals surface area contributed by atoms with Crippen molar-refractivity contribution in [3.63, 3.8) is 0 Å². The molecule has 0 fully saturated rings. The van der Waals surface area contributed by atoms with Crippen LogP contribution in [0, 0.1) is 0 Å². The Hall–Kier alpha value is -2.31. The van der Waals surface area contributed by atoms with E-state index in [0.717, 1.165) is 0 Å². The van der Waals surface area contributed by atoms with Crippen molar-refractivity contribution >= 4 is 23.4 Å². The Balaban J connectivity index is 2.87. The van der Waals surface area contributed by atoms with Gasteiger partial charge in [-0.25, -0.2) is 9.78 Å². The van der Waals surface area contributed by atoms with Crippen LogP contribution in [0.4, 0.5) is 11.5 Å². The van der Waals surface area contributed by atoms with Gasteiger partial charge in [-0.15, -0.1) is 0 Å². The van der Waals surface area contributed by atoms with Gasteiger partial charge >= 0.3 is 5.97 Å². The van der Waals surface area contributed by atoms with Crippen LogP contribution in [0.15, 0.2) is 12.3 Å². The molecule has 0 unspecified atom stereocenters. The van der Waals surface area contributed by atoms with E-state index >= 15 is 0 Å². The Morgan fingerprint density at radius 2 is 2.20 bits per heavy atom. The van der Waals surface area contributed by atoms with Gasteiger partial charge in [0.25, 0.3) is 0 Å². The lowest BCUT2D eigenvalue weighted by atomic mass is 10.2. The summed E-state index contributed by atoms with van der Waals surface area (Å²) in [4.78, 5) is 28.8. The highest BCUT2D eigenvalue weighted by atomic mass is 16.5. The molecule has 0 aromatic carbocycles. The summed E-state index contributed by atoms with van der Waals surface area (Å²) in [6.45, 7) is 2.46. The number of carbonyl (C=O) groups excluding carboxylic acids is 2. The first-order valence-electron chi connectivity index (χ1n) is 6.34. The molecule has 0 aliphatic rings. The molecule has 110 valence electrons. The quantitative estimate of drug-likeness (QED) is 0.733. The number of pyridine rings is 1. The first-order valence-corrected chi connectivity index (χ1v) is 6.34. The van der Waals surface area contributed by atoms with Gasteiger partial charge in [-0.1, -0.05) is 0 Å². The van der Waals surface area contributed by atoms with E-state index < -0.39 is 5.97 Å². The second-order valence-corrected chi connectivity index (χ2v) is 4.16. The van der Waals surface area contributed by atoms with Crippen molar-refractivity contribution in [3.05, 3.63) is 17.8 Å². The highest BCUT2D eigenvalue weighted by Gasteiger charge is 2.17. The molecular weight excluding hydrogens is 260 g/mol. The van der Waals surface area contributed by atoms with Crippen molar-refractivity contribution in [3.8, 4) is 0 Å². The van der Waals surface area contributed by atoms with Crippen molar-refractivity contribution in [2.75, 3.05) is 37.9 Å². The van der Waals surface area contributed by atoms with Crippen LogP contribution in [0.2, 0.25) is 0 Å². The topological polar surface area (TPSA) is 97.5 Å². The maximum atomic E-state index is 11.7.